The number of nitrogens with one attached hydrogen (secondary N) is 1. The van der Waals surface area contributed by atoms with Gasteiger partial charge >= 0.3 is 6.09 Å². The van der Waals surface area contributed by atoms with Gasteiger partial charge in [-0.15, -0.1) is 11.3 Å². The van der Waals surface area contributed by atoms with Gasteiger partial charge in [-0.3, -0.25) is 4.98 Å². The highest BCUT2D eigenvalue weighted by atomic mass is 32.2. The predicted octanol–water partition coefficient (Wildman–Crippen LogP) is 3.95. The molecule has 1 aromatic heterocycles. The lowest BCUT2D eigenvalue weighted by Gasteiger charge is -2.47. The van der Waals surface area contributed by atoms with E-state index in [1.165, 1.54) is 15.6 Å². The van der Waals surface area contributed by atoms with Crippen LogP contribution in [-0.4, -0.2) is 47.5 Å². The van der Waals surface area contributed by atoms with Crippen LogP contribution in [0.3, 0.4) is 0 Å². The molecule has 2 heterocycles. The van der Waals surface area contributed by atoms with Crippen molar-refractivity contribution in [2.75, 3.05) is 13.1 Å². The summed E-state index contributed by atoms with van der Waals surface area (Å²) in [5.41, 5.74) is 2.94. The lowest BCUT2D eigenvalue weighted by Crippen LogP contribution is -2.63. The Morgan fingerprint density at radius 3 is 2.58 bits per heavy atom. The number of thiazole rings is 1. The molecular formula is C24H27N3O4S2. The van der Waals surface area contributed by atoms with Gasteiger partial charge in [-0.05, 0) is 43.9 Å². The standard InChI is InChI=1S/C24H27N3O4S2/c1-18-7-9-22(10-8-18)33(30,31)27-12-11-24(26-23(28)29,14-19-5-3-2-4-6-19)20(16-27)13-21-15-25-17-32-21/h2-10,15,17,20,26H,11-14,16H2,1H3,(H,28,29). The molecule has 1 fully saturated rings. The number of carbonyl (C=O) groups is 1. The Hall–Kier alpha value is -2.75. The molecule has 4 rings (SSSR count). The van der Waals surface area contributed by atoms with E-state index in [0.29, 0.717) is 19.3 Å². The molecule has 9 heteroatoms. The third-order valence-corrected chi connectivity index (χ3v) is 9.00. The van der Waals surface area contributed by atoms with Crippen LogP contribution in [0.1, 0.15) is 22.4 Å². The Balaban J connectivity index is 1.69. The summed E-state index contributed by atoms with van der Waals surface area (Å²) < 4.78 is 28.3. The SMILES string of the molecule is Cc1ccc(S(=O)(=O)N2CCC(Cc3ccccc3)(NC(=O)O)C(Cc3cncs3)C2)cc1. The maximum Gasteiger partial charge on any atom is 0.405 e. The van der Waals surface area contributed by atoms with E-state index < -0.39 is 21.7 Å². The van der Waals surface area contributed by atoms with Crippen LogP contribution >= 0.6 is 11.3 Å². The molecule has 0 radical (unpaired) electrons. The molecule has 2 atom stereocenters. The summed E-state index contributed by atoms with van der Waals surface area (Å²) in [6.45, 7) is 2.38. The van der Waals surface area contributed by atoms with Crippen molar-refractivity contribution >= 4 is 27.5 Å². The fraction of sp³-hybridized carbons (Fsp3) is 0.333. The van der Waals surface area contributed by atoms with Crippen molar-refractivity contribution in [2.24, 2.45) is 5.92 Å². The summed E-state index contributed by atoms with van der Waals surface area (Å²) in [5.74, 6) is -0.261. The first kappa shape index (κ1) is 23.4. The Bertz CT molecular complexity index is 1180. The van der Waals surface area contributed by atoms with Gasteiger partial charge in [0.05, 0.1) is 15.9 Å². The molecule has 2 aromatic carbocycles. The van der Waals surface area contributed by atoms with Crippen molar-refractivity contribution in [3.63, 3.8) is 0 Å². The van der Waals surface area contributed by atoms with E-state index in [9.17, 15) is 18.3 Å². The monoisotopic (exact) mass is 485 g/mol. The highest BCUT2D eigenvalue weighted by Crippen LogP contribution is 2.37. The Kier molecular flexibility index (Phi) is 6.83. The molecule has 174 valence electrons. The van der Waals surface area contributed by atoms with E-state index in [0.717, 1.165) is 16.0 Å². The maximum absolute atomic E-state index is 13.4. The van der Waals surface area contributed by atoms with Crippen molar-refractivity contribution in [1.82, 2.24) is 14.6 Å². The van der Waals surface area contributed by atoms with Gasteiger partial charge in [0, 0.05) is 30.1 Å². The highest BCUT2D eigenvalue weighted by molar-refractivity contribution is 7.89. The summed E-state index contributed by atoms with van der Waals surface area (Å²) in [4.78, 5) is 17.3. The van der Waals surface area contributed by atoms with Crippen molar-refractivity contribution in [3.8, 4) is 0 Å². The molecule has 0 saturated carbocycles. The van der Waals surface area contributed by atoms with Crippen LogP contribution in [0.4, 0.5) is 4.79 Å². The lowest BCUT2D eigenvalue weighted by molar-refractivity contribution is 0.102. The van der Waals surface area contributed by atoms with Crippen molar-refractivity contribution in [1.29, 1.82) is 0 Å². The Labute approximate surface area is 198 Å². The second-order valence-corrected chi connectivity index (χ2v) is 11.5. The quantitative estimate of drug-likeness (QED) is 0.528. The van der Waals surface area contributed by atoms with E-state index in [4.69, 9.17) is 0 Å². The topological polar surface area (TPSA) is 99.6 Å². The minimum atomic E-state index is -3.70. The zero-order valence-electron chi connectivity index (χ0n) is 18.3. The number of hydrogen-bond donors (Lipinski definition) is 2. The van der Waals surface area contributed by atoms with Gasteiger partial charge < -0.3 is 10.4 Å². The summed E-state index contributed by atoms with van der Waals surface area (Å²) in [6.07, 6.45) is 2.07. The van der Waals surface area contributed by atoms with Gasteiger partial charge in [0.25, 0.3) is 0 Å². The number of hydrogen-bond acceptors (Lipinski definition) is 5. The number of amides is 1. The fourth-order valence-corrected chi connectivity index (χ4v) is 6.74. The zero-order chi connectivity index (χ0) is 23.5. The normalized spacial score (nSPS) is 21.5. The van der Waals surface area contributed by atoms with Crippen molar-refractivity contribution < 1.29 is 18.3 Å². The first-order valence-corrected chi connectivity index (χ1v) is 13.1. The Morgan fingerprint density at radius 1 is 1.21 bits per heavy atom. The molecule has 2 unspecified atom stereocenters. The molecule has 1 aliphatic heterocycles. The number of sulfonamides is 1. The third kappa shape index (κ3) is 5.26. The fourth-order valence-electron chi connectivity index (χ4n) is 4.58. The summed E-state index contributed by atoms with van der Waals surface area (Å²) in [7, 11) is -3.70. The molecule has 2 N–H and O–H groups in total. The van der Waals surface area contributed by atoms with Gasteiger partial charge in [0.15, 0.2) is 0 Å². The van der Waals surface area contributed by atoms with Gasteiger partial charge in [-0.2, -0.15) is 4.31 Å². The zero-order valence-corrected chi connectivity index (χ0v) is 20.0. The van der Waals surface area contributed by atoms with E-state index in [1.807, 2.05) is 37.3 Å². The van der Waals surface area contributed by atoms with Gasteiger partial charge in [-0.25, -0.2) is 13.2 Å². The number of aromatic nitrogens is 1. The van der Waals surface area contributed by atoms with Crippen LogP contribution < -0.4 is 5.32 Å². The molecule has 3 aromatic rings. The second-order valence-electron chi connectivity index (χ2n) is 8.54. The van der Waals surface area contributed by atoms with E-state index in [-0.39, 0.29) is 23.9 Å². The molecule has 33 heavy (non-hydrogen) atoms. The Morgan fingerprint density at radius 2 is 1.94 bits per heavy atom. The van der Waals surface area contributed by atoms with Crippen LogP contribution in [-0.2, 0) is 22.9 Å². The molecule has 1 saturated heterocycles. The van der Waals surface area contributed by atoms with Crippen LogP contribution in [0.25, 0.3) is 0 Å². The average Bonchev–Trinajstić information content (AvgIpc) is 3.29. The summed E-state index contributed by atoms with van der Waals surface area (Å²) >= 11 is 1.49. The number of benzene rings is 2. The molecule has 0 aliphatic carbocycles. The predicted molar refractivity (Wildman–Crippen MR) is 128 cm³/mol. The number of carboxylic acid groups (broad SMARTS) is 1. The first-order valence-electron chi connectivity index (χ1n) is 10.8. The average molecular weight is 486 g/mol. The molecule has 1 aliphatic rings. The van der Waals surface area contributed by atoms with E-state index in [1.54, 1.807) is 36.0 Å². The molecule has 0 bridgehead atoms. The van der Waals surface area contributed by atoms with Gasteiger partial charge in [-0.1, -0.05) is 48.0 Å². The summed E-state index contributed by atoms with van der Waals surface area (Å²) in [6, 6.07) is 16.6. The smallest absolute Gasteiger partial charge is 0.405 e. The highest BCUT2D eigenvalue weighted by Gasteiger charge is 2.47. The number of aryl methyl sites for hydroxylation is 1. The van der Waals surface area contributed by atoms with Crippen molar-refractivity contribution in [2.45, 2.75) is 36.6 Å². The molecular weight excluding hydrogens is 458 g/mol. The lowest BCUT2D eigenvalue weighted by atomic mass is 9.72. The van der Waals surface area contributed by atoms with Crippen molar-refractivity contribution in [3.05, 3.63) is 82.3 Å². The summed E-state index contributed by atoms with van der Waals surface area (Å²) in [5, 5.41) is 12.5. The number of nitrogens with zero attached hydrogens (tertiary/aromatic N) is 2. The van der Waals surface area contributed by atoms with E-state index in [2.05, 4.69) is 10.3 Å². The van der Waals surface area contributed by atoms with Gasteiger partial charge in [0.2, 0.25) is 10.0 Å². The van der Waals surface area contributed by atoms with Crippen LogP contribution in [0, 0.1) is 12.8 Å². The minimum absolute atomic E-state index is 0.223. The number of piperidine rings is 1. The van der Waals surface area contributed by atoms with E-state index >= 15 is 0 Å². The van der Waals surface area contributed by atoms with Crippen LogP contribution in [0.15, 0.2) is 71.2 Å². The van der Waals surface area contributed by atoms with Crippen LogP contribution in [0.2, 0.25) is 0 Å². The first-order chi connectivity index (χ1) is 15.8. The minimum Gasteiger partial charge on any atom is -0.465 e. The molecule has 1 amide bonds. The third-order valence-electron chi connectivity index (χ3n) is 6.32. The molecule has 0 spiro atoms. The maximum atomic E-state index is 13.4. The van der Waals surface area contributed by atoms with Crippen LogP contribution in [0.5, 0.6) is 0 Å². The number of rotatable bonds is 7. The van der Waals surface area contributed by atoms with Gasteiger partial charge in [0.1, 0.15) is 0 Å². The largest absolute Gasteiger partial charge is 0.465 e. The molecule has 7 nitrogen and oxygen atoms in total. The second kappa shape index (κ2) is 9.62.